The largest absolute Gasteiger partial charge is 0.494 e. The lowest BCUT2D eigenvalue weighted by Gasteiger charge is -2.13. The number of tetrazole rings is 1. The minimum absolute atomic E-state index is 0.0610. The number of ether oxygens (including phenoxy) is 1. The molecule has 0 saturated heterocycles. The Kier molecular flexibility index (Phi) is 5.89. The van der Waals surface area contributed by atoms with Gasteiger partial charge < -0.3 is 10.1 Å². The smallest absolute Gasteiger partial charge is 0.233 e. The number of carbonyl (C=O) groups excluding carboxylic acids is 1. The van der Waals surface area contributed by atoms with Crippen LogP contribution in [0.15, 0.2) is 40.9 Å². The third-order valence-electron chi connectivity index (χ3n) is 3.67. The van der Waals surface area contributed by atoms with Crippen molar-refractivity contribution < 1.29 is 9.53 Å². The summed E-state index contributed by atoms with van der Waals surface area (Å²) in [6, 6.07) is 9.74. The Balaban J connectivity index is 1.72. The zero-order chi connectivity index (χ0) is 18.5. The van der Waals surface area contributed by atoms with Crippen molar-refractivity contribution in [3.05, 3.63) is 46.2 Å². The maximum atomic E-state index is 12.4. The van der Waals surface area contributed by atoms with Crippen LogP contribution >= 0.6 is 23.1 Å². The van der Waals surface area contributed by atoms with E-state index in [-0.39, 0.29) is 11.2 Å². The zero-order valence-corrected chi connectivity index (χ0v) is 16.3. The molecule has 0 aliphatic heterocycles. The highest BCUT2D eigenvalue weighted by Gasteiger charge is 2.20. The molecule has 9 heteroatoms. The van der Waals surface area contributed by atoms with Crippen LogP contribution in [-0.4, -0.2) is 38.5 Å². The van der Waals surface area contributed by atoms with Crippen LogP contribution in [0.4, 0.5) is 0 Å². The molecule has 2 aromatic heterocycles. The van der Waals surface area contributed by atoms with E-state index in [9.17, 15) is 4.79 Å². The lowest BCUT2D eigenvalue weighted by atomic mass is 10.2. The van der Waals surface area contributed by atoms with E-state index in [4.69, 9.17) is 4.74 Å². The third kappa shape index (κ3) is 4.23. The predicted octanol–water partition coefficient (Wildman–Crippen LogP) is 2.84. The Labute approximate surface area is 159 Å². The third-order valence-corrected chi connectivity index (χ3v) is 5.58. The standard InChI is InChI=1S/C17H19N5O2S2/c1-11-6-7-15(24-3)14(9-11)22-17(19-20-21-22)26-12(2)16(23)18-10-13-5-4-8-25-13/h4-9,12H,10H2,1-3H3,(H,18,23)/t12-/m0/s1. The summed E-state index contributed by atoms with van der Waals surface area (Å²) < 4.78 is 7.00. The van der Waals surface area contributed by atoms with Crippen molar-refractivity contribution >= 4 is 29.0 Å². The molecule has 7 nitrogen and oxygen atoms in total. The topological polar surface area (TPSA) is 81.9 Å². The van der Waals surface area contributed by atoms with Gasteiger partial charge in [0, 0.05) is 4.88 Å². The average molecular weight is 390 g/mol. The van der Waals surface area contributed by atoms with Crippen LogP contribution in [0.3, 0.4) is 0 Å². The van der Waals surface area contributed by atoms with E-state index < -0.39 is 0 Å². The van der Waals surface area contributed by atoms with Crippen LogP contribution in [0.2, 0.25) is 0 Å². The van der Waals surface area contributed by atoms with Gasteiger partial charge in [-0.2, -0.15) is 4.68 Å². The van der Waals surface area contributed by atoms with Crippen LogP contribution in [0.1, 0.15) is 17.4 Å². The number of nitrogens with one attached hydrogen (secondary N) is 1. The van der Waals surface area contributed by atoms with Gasteiger partial charge in [0.05, 0.1) is 18.9 Å². The fraction of sp³-hybridized carbons (Fsp3) is 0.294. The van der Waals surface area contributed by atoms with Crippen molar-refractivity contribution in [1.29, 1.82) is 0 Å². The number of methoxy groups -OCH3 is 1. The normalized spacial score (nSPS) is 12.0. The number of thioether (sulfide) groups is 1. The fourth-order valence-electron chi connectivity index (χ4n) is 2.31. The molecule has 1 amide bonds. The molecular weight excluding hydrogens is 370 g/mol. The highest BCUT2D eigenvalue weighted by molar-refractivity contribution is 8.00. The number of aromatic nitrogens is 4. The van der Waals surface area contributed by atoms with E-state index in [1.807, 2.05) is 49.6 Å². The number of nitrogens with zero attached hydrogens (tertiary/aromatic N) is 4. The summed E-state index contributed by atoms with van der Waals surface area (Å²) in [6.45, 7) is 4.35. The molecule has 26 heavy (non-hydrogen) atoms. The molecule has 0 aliphatic rings. The first-order chi connectivity index (χ1) is 12.6. The van der Waals surface area contributed by atoms with Crippen molar-refractivity contribution in [2.75, 3.05) is 7.11 Å². The quantitative estimate of drug-likeness (QED) is 0.626. The van der Waals surface area contributed by atoms with Crippen molar-refractivity contribution in [1.82, 2.24) is 25.5 Å². The van der Waals surface area contributed by atoms with Gasteiger partial charge in [0.15, 0.2) is 0 Å². The molecule has 0 saturated carbocycles. The van der Waals surface area contributed by atoms with E-state index in [1.165, 1.54) is 11.8 Å². The first kappa shape index (κ1) is 18.4. The van der Waals surface area contributed by atoms with Gasteiger partial charge in [-0.1, -0.05) is 23.9 Å². The van der Waals surface area contributed by atoms with E-state index in [1.54, 1.807) is 23.1 Å². The molecule has 0 spiro atoms. The Morgan fingerprint density at radius 1 is 1.42 bits per heavy atom. The first-order valence-electron chi connectivity index (χ1n) is 7.98. The van der Waals surface area contributed by atoms with Crippen molar-refractivity contribution in [3.8, 4) is 11.4 Å². The second-order valence-electron chi connectivity index (χ2n) is 5.61. The second-order valence-corrected chi connectivity index (χ2v) is 7.95. The number of rotatable bonds is 7. The first-order valence-corrected chi connectivity index (χ1v) is 9.74. The van der Waals surface area contributed by atoms with Crippen LogP contribution in [0.25, 0.3) is 5.69 Å². The van der Waals surface area contributed by atoms with Crippen LogP contribution in [0.5, 0.6) is 5.75 Å². The maximum absolute atomic E-state index is 12.4. The molecule has 1 aromatic carbocycles. The fourth-order valence-corrected chi connectivity index (χ4v) is 3.78. The molecule has 0 aliphatic carbocycles. The molecule has 0 bridgehead atoms. The molecule has 1 N–H and O–H groups in total. The van der Waals surface area contributed by atoms with Crippen molar-refractivity contribution in [2.45, 2.75) is 30.8 Å². The van der Waals surface area contributed by atoms with Crippen LogP contribution < -0.4 is 10.1 Å². The molecule has 2 heterocycles. The number of thiophene rings is 1. The number of amides is 1. The Morgan fingerprint density at radius 3 is 3.00 bits per heavy atom. The van der Waals surface area contributed by atoms with Gasteiger partial charge in [0.25, 0.3) is 0 Å². The summed E-state index contributed by atoms with van der Waals surface area (Å²) in [7, 11) is 1.60. The minimum atomic E-state index is -0.337. The Hall–Kier alpha value is -2.39. The predicted molar refractivity (Wildman–Crippen MR) is 102 cm³/mol. The van der Waals surface area contributed by atoms with Gasteiger partial charge in [-0.15, -0.1) is 16.4 Å². The second kappa shape index (κ2) is 8.33. The monoisotopic (exact) mass is 389 g/mol. The molecule has 3 aromatic rings. The summed E-state index contributed by atoms with van der Waals surface area (Å²) >= 11 is 2.92. The van der Waals surface area contributed by atoms with Gasteiger partial charge in [0.2, 0.25) is 11.1 Å². The van der Waals surface area contributed by atoms with E-state index in [0.717, 1.165) is 16.1 Å². The molecule has 3 rings (SSSR count). The lowest BCUT2D eigenvalue weighted by molar-refractivity contribution is -0.120. The number of aryl methyl sites for hydroxylation is 1. The molecule has 0 unspecified atom stereocenters. The molecule has 0 fully saturated rings. The molecule has 1 atom stereocenters. The average Bonchev–Trinajstić information content (AvgIpc) is 3.31. The zero-order valence-electron chi connectivity index (χ0n) is 14.7. The number of hydrogen-bond acceptors (Lipinski definition) is 7. The van der Waals surface area contributed by atoms with Gasteiger partial charge >= 0.3 is 0 Å². The van der Waals surface area contributed by atoms with Gasteiger partial charge in [0.1, 0.15) is 11.4 Å². The number of benzene rings is 1. The van der Waals surface area contributed by atoms with Crippen molar-refractivity contribution in [2.24, 2.45) is 0 Å². The summed E-state index contributed by atoms with van der Waals surface area (Å²) in [5, 5.41) is 17.0. The Morgan fingerprint density at radius 2 is 2.27 bits per heavy atom. The van der Waals surface area contributed by atoms with E-state index in [2.05, 4.69) is 20.8 Å². The highest BCUT2D eigenvalue weighted by Crippen LogP contribution is 2.28. The van der Waals surface area contributed by atoms with Gasteiger partial charge in [-0.05, 0) is 53.4 Å². The lowest BCUT2D eigenvalue weighted by Crippen LogP contribution is -2.30. The van der Waals surface area contributed by atoms with Crippen molar-refractivity contribution in [3.63, 3.8) is 0 Å². The van der Waals surface area contributed by atoms with Crippen LogP contribution in [0, 0.1) is 6.92 Å². The summed E-state index contributed by atoms with van der Waals surface area (Å²) in [4.78, 5) is 13.5. The van der Waals surface area contributed by atoms with E-state index in [0.29, 0.717) is 17.5 Å². The molecule has 136 valence electrons. The number of hydrogen-bond donors (Lipinski definition) is 1. The number of carbonyl (C=O) groups is 1. The van der Waals surface area contributed by atoms with E-state index >= 15 is 0 Å². The van der Waals surface area contributed by atoms with Crippen LogP contribution in [-0.2, 0) is 11.3 Å². The minimum Gasteiger partial charge on any atom is -0.494 e. The van der Waals surface area contributed by atoms with Gasteiger partial charge in [-0.25, -0.2) is 0 Å². The summed E-state index contributed by atoms with van der Waals surface area (Å²) in [6.07, 6.45) is 0. The SMILES string of the molecule is COc1ccc(C)cc1-n1nnnc1S[C@@H](C)C(=O)NCc1cccs1. The maximum Gasteiger partial charge on any atom is 0.233 e. The Bertz CT molecular complexity index is 879. The highest BCUT2D eigenvalue weighted by atomic mass is 32.2. The molecular formula is C17H19N5O2S2. The summed E-state index contributed by atoms with van der Waals surface area (Å²) in [5.41, 5.74) is 1.81. The van der Waals surface area contributed by atoms with Gasteiger partial charge in [-0.3, -0.25) is 4.79 Å². The molecule has 0 radical (unpaired) electrons. The summed E-state index contributed by atoms with van der Waals surface area (Å²) in [5.74, 6) is 0.605.